The molecule has 0 radical (unpaired) electrons. The SMILES string of the molecule is Cc1nn(Cc2ccccc2)c(Cl)c1C(=O)N=c1sc2ccccc2n1C. The molecule has 2 aromatic carbocycles. The summed E-state index contributed by atoms with van der Waals surface area (Å²) in [4.78, 5) is 17.8. The Labute approximate surface area is 165 Å². The summed E-state index contributed by atoms with van der Waals surface area (Å²) in [5.74, 6) is -0.376. The van der Waals surface area contributed by atoms with Crippen LogP contribution in [0, 0.1) is 6.92 Å². The van der Waals surface area contributed by atoms with Crippen LogP contribution in [0.2, 0.25) is 5.15 Å². The van der Waals surface area contributed by atoms with Crippen molar-refractivity contribution >= 4 is 39.1 Å². The summed E-state index contributed by atoms with van der Waals surface area (Å²) in [7, 11) is 1.90. The van der Waals surface area contributed by atoms with Gasteiger partial charge in [0.25, 0.3) is 5.91 Å². The Kier molecular flexibility index (Phi) is 4.68. The Bertz CT molecular complexity index is 1200. The van der Waals surface area contributed by atoms with Crippen molar-refractivity contribution in [3.05, 3.63) is 81.4 Å². The molecule has 0 fully saturated rings. The third-order valence-corrected chi connectivity index (χ3v) is 5.86. The predicted molar refractivity (Wildman–Crippen MR) is 108 cm³/mol. The molecule has 2 aromatic heterocycles. The zero-order valence-electron chi connectivity index (χ0n) is 14.9. The molecule has 0 unspecified atom stereocenters. The number of amides is 1. The number of halogens is 1. The first-order valence-corrected chi connectivity index (χ1v) is 9.64. The van der Waals surface area contributed by atoms with E-state index in [1.54, 1.807) is 11.6 Å². The second-order valence-corrected chi connectivity index (χ2v) is 7.59. The molecule has 5 nitrogen and oxygen atoms in total. The molecule has 0 bridgehead atoms. The molecule has 1 amide bonds. The van der Waals surface area contributed by atoms with Crippen molar-refractivity contribution in [2.24, 2.45) is 12.0 Å². The molecular weight excluding hydrogens is 380 g/mol. The van der Waals surface area contributed by atoms with Crippen molar-refractivity contribution < 1.29 is 4.79 Å². The zero-order chi connectivity index (χ0) is 19.0. The highest BCUT2D eigenvalue weighted by molar-refractivity contribution is 7.16. The molecule has 0 saturated heterocycles. The maximum Gasteiger partial charge on any atom is 0.284 e. The fourth-order valence-corrected chi connectivity index (χ4v) is 4.32. The van der Waals surface area contributed by atoms with Crippen molar-refractivity contribution in [3.63, 3.8) is 0 Å². The minimum Gasteiger partial charge on any atom is -0.319 e. The highest BCUT2D eigenvalue weighted by atomic mass is 35.5. The van der Waals surface area contributed by atoms with Gasteiger partial charge < -0.3 is 4.57 Å². The van der Waals surface area contributed by atoms with E-state index in [1.165, 1.54) is 11.3 Å². The van der Waals surface area contributed by atoms with Gasteiger partial charge in [-0.2, -0.15) is 10.1 Å². The number of thiazole rings is 1. The Hall–Kier alpha value is -2.70. The molecular formula is C20H17ClN4OS. The number of rotatable bonds is 3. The largest absolute Gasteiger partial charge is 0.319 e. The summed E-state index contributed by atoms with van der Waals surface area (Å²) in [6.45, 7) is 2.28. The maximum atomic E-state index is 12.8. The molecule has 0 atom stereocenters. The summed E-state index contributed by atoms with van der Waals surface area (Å²) >= 11 is 7.95. The van der Waals surface area contributed by atoms with E-state index in [9.17, 15) is 4.79 Å². The van der Waals surface area contributed by atoms with E-state index in [4.69, 9.17) is 11.6 Å². The zero-order valence-corrected chi connectivity index (χ0v) is 16.5. The van der Waals surface area contributed by atoms with E-state index in [0.29, 0.717) is 27.8 Å². The van der Waals surface area contributed by atoms with E-state index >= 15 is 0 Å². The number of para-hydroxylation sites is 1. The molecule has 0 aliphatic rings. The van der Waals surface area contributed by atoms with Gasteiger partial charge >= 0.3 is 0 Å². The quantitative estimate of drug-likeness (QED) is 0.521. The molecule has 0 aliphatic heterocycles. The molecule has 0 N–H and O–H groups in total. The molecule has 27 heavy (non-hydrogen) atoms. The average Bonchev–Trinajstić information content (AvgIpc) is 3.12. The van der Waals surface area contributed by atoms with Crippen LogP contribution in [0.25, 0.3) is 10.2 Å². The molecule has 0 aliphatic carbocycles. The first-order valence-electron chi connectivity index (χ1n) is 8.45. The van der Waals surface area contributed by atoms with E-state index < -0.39 is 0 Å². The number of aryl methyl sites for hydroxylation is 2. The maximum absolute atomic E-state index is 12.8. The lowest BCUT2D eigenvalue weighted by Gasteiger charge is -2.03. The monoisotopic (exact) mass is 396 g/mol. The fourth-order valence-electron chi connectivity index (χ4n) is 2.99. The molecule has 2 heterocycles. The Morgan fingerprint density at radius 2 is 1.85 bits per heavy atom. The minimum absolute atomic E-state index is 0.314. The van der Waals surface area contributed by atoms with Gasteiger partial charge in [0.2, 0.25) is 0 Å². The van der Waals surface area contributed by atoms with Crippen LogP contribution in [0.1, 0.15) is 21.6 Å². The van der Waals surface area contributed by atoms with E-state index in [1.807, 2.05) is 66.2 Å². The molecule has 4 rings (SSSR count). The predicted octanol–water partition coefficient (Wildman–Crippen LogP) is 4.19. The van der Waals surface area contributed by atoms with Crippen LogP contribution >= 0.6 is 22.9 Å². The number of carbonyl (C=O) groups excluding carboxylic acids is 1. The van der Waals surface area contributed by atoms with Crippen LogP contribution in [0.3, 0.4) is 0 Å². The van der Waals surface area contributed by atoms with Crippen molar-refractivity contribution in [3.8, 4) is 0 Å². The van der Waals surface area contributed by atoms with Crippen LogP contribution in [-0.2, 0) is 13.6 Å². The van der Waals surface area contributed by atoms with Gasteiger partial charge in [0, 0.05) is 7.05 Å². The molecule has 136 valence electrons. The number of nitrogens with zero attached hydrogens (tertiary/aromatic N) is 4. The van der Waals surface area contributed by atoms with Gasteiger partial charge in [-0.05, 0) is 24.6 Å². The van der Waals surface area contributed by atoms with Crippen molar-refractivity contribution in [2.45, 2.75) is 13.5 Å². The van der Waals surface area contributed by atoms with Crippen molar-refractivity contribution in [1.29, 1.82) is 0 Å². The minimum atomic E-state index is -0.376. The molecule has 0 spiro atoms. The average molecular weight is 397 g/mol. The first-order chi connectivity index (χ1) is 13.0. The van der Waals surface area contributed by atoms with Gasteiger partial charge in [-0.3, -0.25) is 4.79 Å². The number of fused-ring (bicyclic) bond motifs is 1. The van der Waals surface area contributed by atoms with Crippen LogP contribution in [-0.4, -0.2) is 20.3 Å². The van der Waals surface area contributed by atoms with Crippen LogP contribution in [0.15, 0.2) is 59.6 Å². The van der Waals surface area contributed by atoms with Gasteiger partial charge in [0.1, 0.15) is 10.7 Å². The lowest BCUT2D eigenvalue weighted by molar-refractivity contribution is 0.0997. The third kappa shape index (κ3) is 3.34. The standard InChI is InChI=1S/C20H17ClN4OS/c1-13-17(18(21)25(23-13)12-14-8-4-3-5-9-14)19(26)22-20-24(2)15-10-6-7-11-16(15)27-20/h3-11H,12H2,1-2H3. The number of hydrogen-bond donors (Lipinski definition) is 0. The number of aromatic nitrogens is 3. The van der Waals surface area contributed by atoms with Gasteiger partial charge in [0.15, 0.2) is 4.80 Å². The normalized spacial score (nSPS) is 12.0. The smallest absolute Gasteiger partial charge is 0.284 e. The summed E-state index contributed by atoms with van der Waals surface area (Å²) in [5, 5.41) is 4.75. The lowest BCUT2D eigenvalue weighted by Crippen LogP contribution is -2.13. The highest BCUT2D eigenvalue weighted by Crippen LogP contribution is 2.22. The Morgan fingerprint density at radius 1 is 1.15 bits per heavy atom. The van der Waals surface area contributed by atoms with Crippen LogP contribution in [0.4, 0.5) is 0 Å². The van der Waals surface area contributed by atoms with Crippen molar-refractivity contribution in [2.75, 3.05) is 0 Å². The number of hydrogen-bond acceptors (Lipinski definition) is 3. The van der Waals surface area contributed by atoms with E-state index in [0.717, 1.165) is 15.8 Å². The number of benzene rings is 2. The lowest BCUT2D eigenvalue weighted by atomic mass is 10.2. The Balaban J connectivity index is 1.72. The van der Waals surface area contributed by atoms with Gasteiger partial charge in [-0.1, -0.05) is 65.4 Å². The molecule has 0 saturated carbocycles. The van der Waals surface area contributed by atoms with Crippen molar-refractivity contribution in [1.82, 2.24) is 14.3 Å². The van der Waals surface area contributed by atoms with Crippen LogP contribution < -0.4 is 4.80 Å². The van der Waals surface area contributed by atoms with Gasteiger partial charge in [-0.15, -0.1) is 0 Å². The topological polar surface area (TPSA) is 52.2 Å². The highest BCUT2D eigenvalue weighted by Gasteiger charge is 2.20. The molecule has 7 heteroatoms. The first kappa shape index (κ1) is 17.7. The number of carbonyl (C=O) groups is 1. The van der Waals surface area contributed by atoms with Crippen LogP contribution in [0.5, 0.6) is 0 Å². The second-order valence-electron chi connectivity index (χ2n) is 6.22. The summed E-state index contributed by atoms with van der Waals surface area (Å²) in [6.07, 6.45) is 0. The summed E-state index contributed by atoms with van der Waals surface area (Å²) in [6, 6.07) is 17.8. The second kappa shape index (κ2) is 7.13. The van der Waals surface area contributed by atoms with Gasteiger partial charge in [0.05, 0.1) is 22.5 Å². The Morgan fingerprint density at radius 3 is 2.59 bits per heavy atom. The third-order valence-electron chi connectivity index (χ3n) is 4.37. The fraction of sp³-hybridized carbons (Fsp3) is 0.150. The molecule has 4 aromatic rings. The van der Waals surface area contributed by atoms with Gasteiger partial charge in [-0.25, -0.2) is 4.68 Å². The van der Waals surface area contributed by atoms with E-state index in [2.05, 4.69) is 10.1 Å². The van der Waals surface area contributed by atoms with E-state index in [-0.39, 0.29) is 5.91 Å². The summed E-state index contributed by atoms with van der Waals surface area (Å²) < 4.78 is 4.63. The summed E-state index contributed by atoms with van der Waals surface area (Å²) in [5.41, 5.74) is 3.03.